The van der Waals surface area contributed by atoms with E-state index in [-0.39, 0.29) is 4.93 Å². The summed E-state index contributed by atoms with van der Waals surface area (Å²) < 4.78 is 5.00. The molecule has 0 aromatic carbocycles. The summed E-state index contributed by atoms with van der Waals surface area (Å²) in [4.78, 5) is 9.85. The molecule has 104 valence electrons. The van der Waals surface area contributed by atoms with Crippen molar-refractivity contribution in [2.45, 2.75) is 57.1 Å². The minimum atomic E-state index is -0.288. The zero-order valence-electron chi connectivity index (χ0n) is 11.7. The van der Waals surface area contributed by atoms with E-state index in [1.165, 1.54) is 0 Å². The standard InChI is InChI=1S/C7H12O2S2.C3H7Cl.C2H6/c1-6-3-10-4-7(2,11-6)9-5-8;1-3(2)4;1-2/h5-6H,3-4H2,1-2H3;3H,1-2H3;1-2H3. The molecular formula is C12H25ClO2S2. The van der Waals surface area contributed by atoms with E-state index >= 15 is 0 Å². The van der Waals surface area contributed by atoms with E-state index in [1.54, 1.807) is 11.8 Å². The molecule has 17 heavy (non-hydrogen) atoms. The number of hydrogen-bond donors (Lipinski definition) is 0. The Kier molecular flexibility index (Phi) is 13.4. The fourth-order valence-electron chi connectivity index (χ4n) is 1.07. The van der Waals surface area contributed by atoms with Crippen LogP contribution in [0.25, 0.3) is 0 Å². The first kappa shape index (κ1) is 19.8. The quantitative estimate of drug-likeness (QED) is 0.557. The van der Waals surface area contributed by atoms with Crippen molar-refractivity contribution >= 4 is 41.6 Å². The van der Waals surface area contributed by atoms with E-state index in [0.717, 1.165) is 11.5 Å². The fraction of sp³-hybridized carbons (Fsp3) is 0.917. The van der Waals surface area contributed by atoms with Crippen LogP contribution in [-0.4, -0.2) is 33.5 Å². The van der Waals surface area contributed by atoms with Crippen LogP contribution in [0, 0.1) is 0 Å². The van der Waals surface area contributed by atoms with Gasteiger partial charge in [-0.15, -0.1) is 23.4 Å². The molecule has 0 amide bonds. The number of ether oxygens (including phenoxy) is 1. The Labute approximate surface area is 120 Å². The van der Waals surface area contributed by atoms with Crippen molar-refractivity contribution in [3.05, 3.63) is 0 Å². The maximum absolute atomic E-state index is 10.1. The average Bonchev–Trinajstić information content (AvgIpc) is 2.19. The van der Waals surface area contributed by atoms with Gasteiger partial charge in [-0.05, 0) is 20.8 Å². The van der Waals surface area contributed by atoms with Crippen molar-refractivity contribution in [3.63, 3.8) is 0 Å². The van der Waals surface area contributed by atoms with Gasteiger partial charge in [-0.25, -0.2) is 0 Å². The van der Waals surface area contributed by atoms with Crippen LogP contribution in [0.5, 0.6) is 0 Å². The molecule has 0 saturated carbocycles. The van der Waals surface area contributed by atoms with Gasteiger partial charge in [-0.1, -0.05) is 20.8 Å². The van der Waals surface area contributed by atoms with Gasteiger partial charge < -0.3 is 4.74 Å². The average molecular weight is 301 g/mol. The highest BCUT2D eigenvalue weighted by Crippen LogP contribution is 2.39. The van der Waals surface area contributed by atoms with Crippen LogP contribution in [-0.2, 0) is 9.53 Å². The molecule has 0 spiro atoms. The third kappa shape index (κ3) is 12.7. The molecule has 0 aliphatic carbocycles. The van der Waals surface area contributed by atoms with Gasteiger partial charge >= 0.3 is 0 Å². The van der Waals surface area contributed by atoms with Gasteiger partial charge in [0.15, 0.2) is 4.93 Å². The molecular weight excluding hydrogens is 276 g/mol. The first-order chi connectivity index (χ1) is 7.89. The molecule has 1 aliphatic heterocycles. The van der Waals surface area contributed by atoms with Crippen LogP contribution in [0.4, 0.5) is 0 Å². The van der Waals surface area contributed by atoms with Gasteiger partial charge in [0.25, 0.3) is 6.47 Å². The zero-order chi connectivity index (χ0) is 13.9. The lowest BCUT2D eigenvalue weighted by Crippen LogP contribution is -2.34. The van der Waals surface area contributed by atoms with Crippen LogP contribution in [0.2, 0.25) is 0 Å². The van der Waals surface area contributed by atoms with E-state index in [1.807, 2.05) is 46.4 Å². The lowest BCUT2D eigenvalue weighted by Gasteiger charge is -2.33. The number of carbonyl (C=O) groups is 1. The molecule has 2 nitrogen and oxygen atoms in total. The van der Waals surface area contributed by atoms with Crippen LogP contribution >= 0.6 is 35.1 Å². The van der Waals surface area contributed by atoms with Crippen LogP contribution < -0.4 is 0 Å². The SMILES string of the molecule is CC.CC(C)Cl.CC1CSCC(C)(OC=O)S1. The number of carbonyl (C=O) groups excluding carboxylic acids is 1. The van der Waals surface area contributed by atoms with Gasteiger partial charge in [-0.3, -0.25) is 4.79 Å². The number of rotatable bonds is 2. The summed E-state index contributed by atoms with van der Waals surface area (Å²) in [5.74, 6) is 2.06. The zero-order valence-corrected chi connectivity index (χ0v) is 14.0. The summed E-state index contributed by atoms with van der Waals surface area (Å²) in [5.41, 5.74) is 0. The van der Waals surface area contributed by atoms with Crippen molar-refractivity contribution < 1.29 is 9.53 Å². The molecule has 0 N–H and O–H groups in total. The minimum absolute atomic E-state index is 0.288. The molecule has 0 radical (unpaired) electrons. The molecule has 1 fully saturated rings. The molecule has 2 unspecified atom stereocenters. The monoisotopic (exact) mass is 300 g/mol. The highest BCUT2D eigenvalue weighted by atomic mass is 35.5. The number of hydrogen-bond acceptors (Lipinski definition) is 4. The van der Waals surface area contributed by atoms with Crippen molar-refractivity contribution in [1.82, 2.24) is 0 Å². The van der Waals surface area contributed by atoms with E-state index in [9.17, 15) is 4.79 Å². The highest BCUT2D eigenvalue weighted by molar-refractivity contribution is 8.07. The molecule has 5 heteroatoms. The summed E-state index contributed by atoms with van der Waals surface area (Å²) in [6.07, 6.45) is 0. The third-order valence-electron chi connectivity index (χ3n) is 1.46. The van der Waals surface area contributed by atoms with E-state index in [0.29, 0.717) is 17.1 Å². The van der Waals surface area contributed by atoms with Gasteiger partial charge in [0, 0.05) is 22.1 Å². The van der Waals surface area contributed by atoms with Gasteiger partial charge in [-0.2, -0.15) is 11.8 Å². The molecule has 0 aromatic rings. The molecule has 1 saturated heterocycles. The van der Waals surface area contributed by atoms with Crippen LogP contribution in [0.15, 0.2) is 0 Å². The molecule has 1 aliphatic rings. The minimum Gasteiger partial charge on any atom is -0.450 e. The normalized spacial score (nSPS) is 27.2. The largest absolute Gasteiger partial charge is 0.450 e. The summed E-state index contributed by atoms with van der Waals surface area (Å²) in [5, 5.41) is 0.888. The lowest BCUT2D eigenvalue weighted by molar-refractivity contribution is -0.133. The summed E-state index contributed by atoms with van der Waals surface area (Å²) in [6.45, 7) is 12.5. The van der Waals surface area contributed by atoms with E-state index in [4.69, 9.17) is 16.3 Å². The Morgan fingerprint density at radius 2 is 1.94 bits per heavy atom. The maximum Gasteiger partial charge on any atom is 0.294 e. The van der Waals surface area contributed by atoms with Crippen molar-refractivity contribution in [3.8, 4) is 0 Å². The smallest absolute Gasteiger partial charge is 0.294 e. The Balaban J connectivity index is 0. The first-order valence-corrected chi connectivity index (χ1v) is 8.38. The Morgan fingerprint density at radius 1 is 1.47 bits per heavy atom. The highest BCUT2D eigenvalue weighted by Gasteiger charge is 2.32. The third-order valence-corrected chi connectivity index (χ3v) is 4.66. The first-order valence-electron chi connectivity index (χ1n) is 5.90. The van der Waals surface area contributed by atoms with E-state index < -0.39 is 0 Å². The molecule has 0 aromatic heterocycles. The van der Waals surface area contributed by atoms with Crippen LogP contribution in [0.1, 0.15) is 41.5 Å². The topological polar surface area (TPSA) is 26.3 Å². The summed E-state index contributed by atoms with van der Waals surface area (Å²) in [7, 11) is 0. The second-order valence-electron chi connectivity index (χ2n) is 3.81. The second-order valence-corrected chi connectivity index (χ2v) is 7.61. The van der Waals surface area contributed by atoms with Gasteiger partial charge in [0.05, 0.1) is 0 Å². The predicted molar refractivity (Wildman–Crippen MR) is 82.3 cm³/mol. The molecule has 1 rings (SSSR count). The maximum atomic E-state index is 10.1. The van der Waals surface area contributed by atoms with Crippen LogP contribution in [0.3, 0.4) is 0 Å². The predicted octanol–water partition coefficient (Wildman–Crippen LogP) is 4.40. The number of alkyl halides is 1. The Hall–Kier alpha value is 0.460. The number of halogens is 1. The summed E-state index contributed by atoms with van der Waals surface area (Å²) in [6, 6.07) is 0. The van der Waals surface area contributed by atoms with E-state index in [2.05, 4.69) is 6.92 Å². The lowest BCUT2D eigenvalue weighted by atomic mass is 10.4. The fourth-order valence-corrected chi connectivity index (χ4v) is 3.99. The van der Waals surface area contributed by atoms with Gasteiger partial charge in [0.2, 0.25) is 0 Å². The Morgan fingerprint density at radius 3 is 2.29 bits per heavy atom. The van der Waals surface area contributed by atoms with Crippen molar-refractivity contribution in [1.29, 1.82) is 0 Å². The Bertz CT molecular complexity index is 189. The van der Waals surface area contributed by atoms with Crippen molar-refractivity contribution in [2.75, 3.05) is 11.5 Å². The number of thioether (sulfide) groups is 2. The van der Waals surface area contributed by atoms with Gasteiger partial charge in [0.1, 0.15) is 0 Å². The summed E-state index contributed by atoms with van der Waals surface area (Å²) >= 11 is 8.86. The molecule has 1 heterocycles. The van der Waals surface area contributed by atoms with Crippen molar-refractivity contribution in [2.24, 2.45) is 0 Å². The molecule has 2 atom stereocenters. The second kappa shape index (κ2) is 11.5. The molecule has 0 bridgehead atoms.